The van der Waals surface area contributed by atoms with Crippen molar-refractivity contribution in [3.8, 4) is 0 Å². The van der Waals surface area contributed by atoms with Gasteiger partial charge in [-0.05, 0) is 37.3 Å². The molecule has 0 aliphatic carbocycles. The highest BCUT2D eigenvalue weighted by Crippen LogP contribution is 2.66. The normalized spacial score (nSPS) is 30.5. The van der Waals surface area contributed by atoms with Crippen molar-refractivity contribution in [2.75, 3.05) is 18.1 Å². The van der Waals surface area contributed by atoms with Crippen LogP contribution in [0.15, 0.2) is 36.9 Å². The molecule has 3 heterocycles. The number of hydrogen-bond acceptors (Lipinski definition) is 5. The number of aliphatic carboxylic acids is 1. The molecule has 0 saturated carbocycles. The molecule has 2 N–H and O–H groups in total. The van der Waals surface area contributed by atoms with Gasteiger partial charge in [-0.2, -0.15) is 0 Å². The molecule has 2 bridgehead atoms. The minimum absolute atomic E-state index is 0.172. The minimum Gasteiger partial charge on any atom is -0.481 e. The fraction of sp³-hybridized carbons (Fsp3) is 0.560. The van der Waals surface area contributed by atoms with Crippen LogP contribution in [-0.2, 0) is 14.4 Å². The zero-order chi connectivity index (χ0) is 24.8. The lowest BCUT2D eigenvalue weighted by molar-refractivity contribution is -0.149. The second kappa shape index (κ2) is 9.55. The van der Waals surface area contributed by atoms with E-state index in [1.807, 2.05) is 13.8 Å². The van der Waals surface area contributed by atoms with Crippen molar-refractivity contribution in [1.82, 2.24) is 4.90 Å². The first-order chi connectivity index (χ1) is 16.2. The van der Waals surface area contributed by atoms with Crippen LogP contribution in [0.2, 0.25) is 5.02 Å². The molecule has 3 aliphatic heterocycles. The summed E-state index contributed by atoms with van der Waals surface area (Å²) >= 11 is 7.93. The van der Waals surface area contributed by atoms with E-state index in [2.05, 4.69) is 6.58 Å². The largest absolute Gasteiger partial charge is 0.481 e. The number of fused-ring (bicyclic) bond motifs is 1. The van der Waals surface area contributed by atoms with Gasteiger partial charge in [0, 0.05) is 11.8 Å². The zero-order valence-electron chi connectivity index (χ0n) is 19.4. The summed E-state index contributed by atoms with van der Waals surface area (Å²) in [5.74, 6) is -3.10. The van der Waals surface area contributed by atoms with Gasteiger partial charge in [0.15, 0.2) is 0 Å². The third-order valence-corrected chi connectivity index (χ3v) is 9.60. The van der Waals surface area contributed by atoms with E-state index in [0.717, 1.165) is 0 Å². The maximum Gasteiger partial charge on any atom is 0.308 e. The SMILES string of the molecule is C=CCN(C(=O)C1N([C@@H](CO)CC(C)C)C(=O)[C@@H]2[C@@H](C(=O)O)[C@H]3CCC12S3)c1ccccc1Cl. The lowest BCUT2D eigenvalue weighted by Gasteiger charge is -2.40. The Balaban J connectivity index is 1.84. The standard InChI is InChI=1S/C25H31ClN2O5S/c1-4-11-27(17-8-6-5-7-16(17)26)23(31)21-25-10-9-18(34-25)19(24(32)33)20(25)22(30)28(21)15(13-29)12-14(2)3/h4-8,14-15,18-21,29H,1,9-13H2,2-3H3,(H,32,33)/t15-,18-,19+,20+,21?,25?/m1/s1. The molecular formula is C25H31ClN2O5S. The highest BCUT2D eigenvalue weighted by Gasteiger charge is 2.74. The average molecular weight is 507 g/mol. The number of carboxylic acids is 1. The van der Waals surface area contributed by atoms with Gasteiger partial charge in [-0.25, -0.2) is 0 Å². The Morgan fingerprint density at radius 1 is 1.38 bits per heavy atom. The van der Waals surface area contributed by atoms with E-state index in [9.17, 15) is 24.6 Å². The number of hydrogen-bond donors (Lipinski definition) is 2. The van der Waals surface area contributed by atoms with Crippen LogP contribution in [0.25, 0.3) is 0 Å². The molecule has 1 aromatic carbocycles. The van der Waals surface area contributed by atoms with Crippen molar-refractivity contribution in [3.05, 3.63) is 41.9 Å². The molecular weight excluding hydrogens is 476 g/mol. The van der Waals surface area contributed by atoms with Crippen LogP contribution >= 0.6 is 23.4 Å². The summed E-state index contributed by atoms with van der Waals surface area (Å²) in [7, 11) is 0. The number of aliphatic hydroxyl groups is 1. The smallest absolute Gasteiger partial charge is 0.308 e. The summed E-state index contributed by atoms with van der Waals surface area (Å²) in [6.07, 6.45) is 3.34. The van der Waals surface area contributed by atoms with Crippen LogP contribution in [0.3, 0.4) is 0 Å². The molecule has 7 nitrogen and oxygen atoms in total. The van der Waals surface area contributed by atoms with E-state index >= 15 is 0 Å². The number of aliphatic hydroxyl groups excluding tert-OH is 1. The molecule has 1 spiro atoms. The van der Waals surface area contributed by atoms with Crippen molar-refractivity contribution < 1.29 is 24.6 Å². The van der Waals surface area contributed by atoms with Crippen molar-refractivity contribution in [3.63, 3.8) is 0 Å². The maximum atomic E-state index is 14.3. The Kier molecular flexibility index (Phi) is 7.04. The number of nitrogens with zero attached hydrogens (tertiary/aromatic N) is 2. The van der Waals surface area contributed by atoms with Crippen LogP contribution < -0.4 is 4.90 Å². The third kappa shape index (κ3) is 3.84. The van der Waals surface area contributed by atoms with E-state index in [1.54, 1.807) is 30.3 Å². The molecule has 2 amide bonds. The molecule has 1 aromatic rings. The van der Waals surface area contributed by atoms with Crippen molar-refractivity contribution >= 4 is 46.8 Å². The second-order valence-electron chi connectivity index (χ2n) is 9.79. The molecule has 3 saturated heterocycles. The van der Waals surface area contributed by atoms with Gasteiger partial charge in [-0.15, -0.1) is 18.3 Å². The van der Waals surface area contributed by atoms with Crippen molar-refractivity contribution in [1.29, 1.82) is 0 Å². The summed E-state index contributed by atoms with van der Waals surface area (Å²) in [5.41, 5.74) is 0.512. The number of para-hydroxylation sites is 1. The van der Waals surface area contributed by atoms with Crippen molar-refractivity contribution in [2.45, 2.75) is 55.2 Å². The number of carbonyl (C=O) groups is 3. The Labute approximate surface area is 209 Å². The van der Waals surface area contributed by atoms with Gasteiger partial charge < -0.3 is 20.0 Å². The van der Waals surface area contributed by atoms with Crippen molar-refractivity contribution in [2.24, 2.45) is 17.8 Å². The van der Waals surface area contributed by atoms with E-state index in [-0.39, 0.29) is 36.1 Å². The highest BCUT2D eigenvalue weighted by molar-refractivity contribution is 8.02. The van der Waals surface area contributed by atoms with Gasteiger partial charge in [0.25, 0.3) is 5.91 Å². The number of rotatable bonds is 9. The summed E-state index contributed by atoms with van der Waals surface area (Å²) < 4.78 is -0.840. The fourth-order valence-electron chi connectivity index (χ4n) is 6.12. The quantitative estimate of drug-likeness (QED) is 0.498. The zero-order valence-corrected chi connectivity index (χ0v) is 21.0. The summed E-state index contributed by atoms with van der Waals surface area (Å²) in [5, 5.41) is 20.5. The number of carboxylic acid groups (broad SMARTS) is 1. The fourth-order valence-corrected chi connectivity index (χ4v) is 8.55. The Morgan fingerprint density at radius 3 is 2.68 bits per heavy atom. The molecule has 0 aromatic heterocycles. The summed E-state index contributed by atoms with van der Waals surface area (Å²) in [6, 6.07) is 5.54. The minimum atomic E-state index is -0.996. The molecule has 0 radical (unpaired) electrons. The molecule has 3 fully saturated rings. The molecule has 184 valence electrons. The second-order valence-corrected chi connectivity index (χ2v) is 11.8. The first-order valence-electron chi connectivity index (χ1n) is 11.7. The summed E-state index contributed by atoms with van der Waals surface area (Å²) in [6.45, 7) is 7.67. The predicted octanol–water partition coefficient (Wildman–Crippen LogP) is 3.44. The summed E-state index contributed by atoms with van der Waals surface area (Å²) in [4.78, 5) is 43.5. The molecule has 34 heavy (non-hydrogen) atoms. The predicted molar refractivity (Wildman–Crippen MR) is 133 cm³/mol. The van der Waals surface area contributed by atoms with Crippen LogP contribution in [0.1, 0.15) is 33.1 Å². The number of carbonyl (C=O) groups excluding carboxylic acids is 2. The molecule has 3 aliphatic rings. The lowest BCUT2D eigenvalue weighted by Crippen LogP contribution is -2.58. The first kappa shape index (κ1) is 25.1. The van der Waals surface area contributed by atoms with Gasteiger partial charge in [0.05, 0.1) is 39.9 Å². The topological polar surface area (TPSA) is 98.2 Å². The Morgan fingerprint density at radius 2 is 2.09 bits per heavy atom. The Bertz CT molecular complexity index is 1000. The molecule has 4 rings (SSSR count). The monoisotopic (exact) mass is 506 g/mol. The van der Waals surface area contributed by atoms with Gasteiger partial charge in [-0.1, -0.05) is 43.7 Å². The van der Waals surface area contributed by atoms with E-state index in [4.69, 9.17) is 11.6 Å². The average Bonchev–Trinajstić information content (AvgIpc) is 3.43. The van der Waals surface area contributed by atoms with E-state index < -0.39 is 34.6 Å². The van der Waals surface area contributed by atoms with Crippen LogP contribution in [0.4, 0.5) is 5.69 Å². The van der Waals surface area contributed by atoms with Gasteiger partial charge >= 0.3 is 5.97 Å². The lowest BCUT2D eigenvalue weighted by atomic mass is 9.71. The van der Waals surface area contributed by atoms with Gasteiger partial charge in [-0.3, -0.25) is 14.4 Å². The van der Waals surface area contributed by atoms with E-state index in [1.165, 1.54) is 21.6 Å². The molecule has 9 heteroatoms. The number of benzene rings is 1. The third-order valence-electron chi connectivity index (χ3n) is 7.33. The van der Waals surface area contributed by atoms with Crippen LogP contribution in [0.5, 0.6) is 0 Å². The number of anilines is 1. The van der Waals surface area contributed by atoms with Gasteiger partial charge in [0.1, 0.15) is 6.04 Å². The molecule has 2 unspecified atom stereocenters. The Hall–Kier alpha value is -2.03. The van der Waals surface area contributed by atoms with Gasteiger partial charge in [0.2, 0.25) is 5.91 Å². The number of thioether (sulfide) groups is 1. The maximum absolute atomic E-state index is 14.3. The first-order valence-corrected chi connectivity index (χ1v) is 12.9. The number of likely N-dealkylation sites (tertiary alicyclic amines) is 1. The number of halogens is 1. The molecule has 6 atom stereocenters. The van der Waals surface area contributed by atoms with Crippen LogP contribution in [0, 0.1) is 17.8 Å². The van der Waals surface area contributed by atoms with Crippen LogP contribution in [-0.4, -0.2) is 68.1 Å². The number of amides is 2. The highest BCUT2D eigenvalue weighted by atomic mass is 35.5. The van der Waals surface area contributed by atoms with E-state index in [0.29, 0.717) is 30.0 Å².